The van der Waals surface area contributed by atoms with Crippen LogP contribution in [0.2, 0.25) is 26.2 Å². The average Bonchev–Trinajstić information content (AvgIpc) is 3.09. The molecule has 0 atom stereocenters. The monoisotopic (exact) mass is 439 g/mol. The number of rotatable bonds is 6. The minimum Gasteiger partial charge on any atom is -0.489 e. The lowest BCUT2D eigenvalue weighted by molar-refractivity contribution is 0.354. The van der Waals surface area contributed by atoms with Crippen molar-refractivity contribution in [1.29, 1.82) is 0 Å². The van der Waals surface area contributed by atoms with E-state index in [2.05, 4.69) is 99.5 Å². The van der Waals surface area contributed by atoms with Crippen LogP contribution in [0, 0.1) is 12.3 Å². The third kappa shape index (κ3) is 4.78. The lowest BCUT2D eigenvalue weighted by atomic mass is 9.85. The smallest absolute Gasteiger partial charge is 0.123 e. The van der Waals surface area contributed by atoms with E-state index in [0.29, 0.717) is 6.61 Å². The van der Waals surface area contributed by atoms with Crippen molar-refractivity contribution < 1.29 is 4.74 Å². The normalized spacial score (nSPS) is 15.3. The molecule has 1 aliphatic carbocycles. The van der Waals surface area contributed by atoms with Crippen LogP contribution in [0.3, 0.4) is 0 Å². The molecule has 0 saturated heterocycles. The molecule has 165 valence electrons. The fraction of sp³-hybridized carbons (Fsp3) is 0.556. The Bertz CT molecular complexity index is 872. The first-order chi connectivity index (χ1) is 13.6. The third-order valence-electron chi connectivity index (χ3n) is 6.24. The van der Waals surface area contributed by atoms with Crippen LogP contribution in [0.25, 0.3) is 0 Å². The van der Waals surface area contributed by atoms with Crippen molar-refractivity contribution in [2.45, 2.75) is 86.5 Å². The van der Waals surface area contributed by atoms with Gasteiger partial charge in [-0.1, -0.05) is 115 Å². The highest BCUT2D eigenvalue weighted by atomic mass is 28.3. The molecule has 0 aliphatic heterocycles. The summed E-state index contributed by atoms with van der Waals surface area (Å²) in [6.07, 6.45) is 7.69. The number of hydrogen-bond acceptors (Lipinski definition) is 1. The van der Waals surface area contributed by atoms with Gasteiger partial charge in [0.2, 0.25) is 0 Å². The maximum atomic E-state index is 6.55. The van der Waals surface area contributed by atoms with Crippen molar-refractivity contribution in [2.75, 3.05) is 6.61 Å². The van der Waals surface area contributed by atoms with E-state index in [1.54, 1.807) is 10.4 Å². The van der Waals surface area contributed by atoms with Crippen LogP contribution in [-0.4, -0.2) is 23.5 Å². The van der Waals surface area contributed by atoms with Crippen molar-refractivity contribution >= 4 is 27.2 Å². The molecule has 1 aromatic carbocycles. The van der Waals surface area contributed by atoms with E-state index < -0.39 is 16.9 Å². The van der Waals surface area contributed by atoms with Gasteiger partial charge in [-0.3, -0.25) is 0 Å². The van der Waals surface area contributed by atoms with Gasteiger partial charge in [-0.15, -0.1) is 0 Å². The van der Waals surface area contributed by atoms with E-state index in [9.17, 15) is 0 Å². The predicted octanol–water partition coefficient (Wildman–Crippen LogP) is 6.58. The van der Waals surface area contributed by atoms with Gasteiger partial charge in [0.15, 0.2) is 0 Å². The summed E-state index contributed by atoms with van der Waals surface area (Å²) in [5.41, 5.74) is 4.61. The van der Waals surface area contributed by atoms with Gasteiger partial charge in [-0.2, -0.15) is 0 Å². The van der Waals surface area contributed by atoms with Crippen LogP contribution >= 0.6 is 0 Å². The zero-order chi connectivity index (χ0) is 23.1. The number of hydrogen-bond donors (Lipinski definition) is 0. The quantitative estimate of drug-likeness (QED) is 0.359. The van der Waals surface area contributed by atoms with Gasteiger partial charge >= 0.3 is 0 Å². The van der Waals surface area contributed by atoms with E-state index in [1.165, 1.54) is 21.9 Å². The molecule has 30 heavy (non-hydrogen) atoms. The Kier molecular flexibility index (Phi) is 7.20. The number of aryl methyl sites for hydroxylation is 1. The molecule has 0 N–H and O–H groups in total. The molecule has 1 aliphatic rings. The molecule has 0 fully saturated rings. The van der Waals surface area contributed by atoms with Crippen molar-refractivity contribution in [3.63, 3.8) is 0 Å². The van der Waals surface area contributed by atoms with Gasteiger partial charge < -0.3 is 4.74 Å². The van der Waals surface area contributed by atoms with Crippen LogP contribution in [0.1, 0.15) is 59.1 Å². The lowest BCUT2D eigenvalue weighted by Crippen LogP contribution is -2.49. The second-order valence-electron chi connectivity index (χ2n) is 11.5. The first-order valence-electron chi connectivity index (χ1n) is 11.3. The molecule has 0 bridgehead atoms. The summed E-state index contributed by atoms with van der Waals surface area (Å²) in [5, 5.41) is 4.66. The zero-order valence-corrected chi connectivity index (χ0v) is 23.3. The molecular formula is C27H43OSi2. The van der Waals surface area contributed by atoms with Gasteiger partial charge in [0, 0.05) is 0 Å². The van der Waals surface area contributed by atoms with Gasteiger partial charge in [-0.05, 0) is 40.5 Å². The minimum absolute atomic E-state index is 0.0359. The predicted molar refractivity (Wildman–Crippen MR) is 140 cm³/mol. The summed E-state index contributed by atoms with van der Waals surface area (Å²) in [6.45, 7) is 30.7. The second-order valence-corrected chi connectivity index (χ2v) is 18.4. The van der Waals surface area contributed by atoms with Gasteiger partial charge in [0.05, 0.1) is 8.80 Å². The van der Waals surface area contributed by atoms with Crippen molar-refractivity contribution in [3.8, 4) is 5.75 Å². The Morgan fingerprint density at radius 3 is 2.17 bits per heavy atom. The Labute approximate surface area is 188 Å². The molecule has 3 heteroatoms. The first kappa shape index (κ1) is 24.9. The van der Waals surface area contributed by atoms with Crippen molar-refractivity contribution in [1.82, 2.24) is 0 Å². The van der Waals surface area contributed by atoms with Gasteiger partial charge in [0.25, 0.3) is 0 Å². The minimum atomic E-state index is -1.94. The number of allylic oxidation sites excluding steroid dienone is 4. The SMILES string of the molecule is C=CCOc1c([Si](C)(C)C2=C(C(C)(C)C)C=CC2)cc(C)c([Si](C)C)c1C(C)(C)C. The summed E-state index contributed by atoms with van der Waals surface area (Å²) in [4.78, 5) is 0. The van der Waals surface area contributed by atoms with Crippen LogP contribution in [0.4, 0.5) is 0 Å². The summed E-state index contributed by atoms with van der Waals surface area (Å²) >= 11 is 0. The van der Waals surface area contributed by atoms with E-state index >= 15 is 0 Å². The maximum absolute atomic E-state index is 6.55. The molecule has 0 saturated carbocycles. The van der Waals surface area contributed by atoms with Crippen LogP contribution in [-0.2, 0) is 5.41 Å². The van der Waals surface area contributed by atoms with E-state index in [-0.39, 0.29) is 10.8 Å². The standard InChI is InChI=1S/C27H43OSi2/c1-13-17-28-24-22(18-19(2)25(29(9)10)23(24)27(6,7)8)30(11,12)21-16-14-15-20(21)26(3,4)5/h13-15,18H,1,16-17H2,2-12H3. The zero-order valence-electron chi connectivity index (χ0n) is 21.3. The molecule has 1 nitrogen and oxygen atoms in total. The van der Waals surface area contributed by atoms with Crippen LogP contribution in [0.15, 0.2) is 41.6 Å². The van der Waals surface area contributed by atoms with Crippen molar-refractivity contribution in [2.24, 2.45) is 5.41 Å². The van der Waals surface area contributed by atoms with Crippen LogP contribution < -0.4 is 15.1 Å². The second kappa shape index (κ2) is 8.66. The highest BCUT2D eigenvalue weighted by Crippen LogP contribution is 2.40. The molecule has 0 heterocycles. The molecule has 1 radical (unpaired) electrons. The summed E-state index contributed by atoms with van der Waals surface area (Å²) < 4.78 is 6.55. The molecule has 0 spiro atoms. The highest BCUT2D eigenvalue weighted by molar-refractivity contribution is 6.96. The van der Waals surface area contributed by atoms with Gasteiger partial charge in [-0.25, -0.2) is 0 Å². The Morgan fingerprint density at radius 2 is 1.70 bits per heavy atom. The largest absolute Gasteiger partial charge is 0.489 e. The Hall–Kier alpha value is -1.33. The summed E-state index contributed by atoms with van der Waals surface area (Å²) in [6, 6.07) is 2.48. The number of ether oxygens (including phenoxy) is 1. The Balaban J connectivity index is 2.92. The van der Waals surface area contributed by atoms with E-state index in [4.69, 9.17) is 4.74 Å². The summed E-state index contributed by atoms with van der Waals surface area (Å²) in [5.74, 6) is 1.15. The third-order valence-corrected chi connectivity index (χ3v) is 11.6. The van der Waals surface area contributed by atoms with Crippen LogP contribution in [0.5, 0.6) is 5.75 Å². The first-order valence-corrected chi connectivity index (χ1v) is 16.8. The topological polar surface area (TPSA) is 9.23 Å². The molecule has 2 rings (SSSR count). The molecule has 0 unspecified atom stereocenters. The fourth-order valence-electron chi connectivity index (χ4n) is 4.88. The Morgan fingerprint density at radius 1 is 1.10 bits per heavy atom. The highest BCUT2D eigenvalue weighted by Gasteiger charge is 2.39. The van der Waals surface area contributed by atoms with E-state index in [0.717, 1.165) is 12.2 Å². The van der Waals surface area contributed by atoms with Gasteiger partial charge in [0.1, 0.15) is 20.4 Å². The summed E-state index contributed by atoms with van der Waals surface area (Å²) in [7, 11) is -2.57. The molecule has 1 aromatic rings. The number of benzene rings is 1. The molecular weight excluding hydrogens is 396 g/mol. The molecule has 0 aromatic heterocycles. The average molecular weight is 440 g/mol. The fourth-order valence-corrected chi connectivity index (χ4v) is 10.2. The lowest BCUT2D eigenvalue weighted by Gasteiger charge is -2.36. The van der Waals surface area contributed by atoms with Crippen molar-refractivity contribution in [3.05, 3.63) is 52.8 Å². The molecule has 0 amide bonds. The maximum Gasteiger partial charge on any atom is 0.123 e. The van der Waals surface area contributed by atoms with E-state index in [1.807, 2.05) is 6.08 Å².